The first kappa shape index (κ1) is 18.2. The fraction of sp³-hybridized carbons (Fsp3) is 0.476. The average molecular weight is 394 g/mol. The van der Waals surface area contributed by atoms with E-state index in [0.717, 1.165) is 61.5 Å². The molecule has 2 saturated heterocycles. The number of nitrogens with two attached hydrogens (primary N) is 1. The van der Waals surface area contributed by atoms with Crippen LogP contribution in [0, 0.1) is 6.92 Å². The zero-order chi connectivity index (χ0) is 20.0. The number of carbonyl (C=O) groups excluding carboxylic acids is 1. The lowest BCUT2D eigenvalue weighted by atomic mass is 9.99. The number of hydrogen-bond acceptors (Lipinski definition) is 6. The van der Waals surface area contributed by atoms with Gasteiger partial charge in [-0.2, -0.15) is 5.10 Å². The lowest BCUT2D eigenvalue weighted by molar-refractivity contribution is 0.0573. The highest BCUT2D eigenvalue weighted by Crippen LogP contribution is 2.32. The lowest BCUT2D eigenvalue weighted by Crippen LogP contribution is -2.38. The number of fused-ring (bicyclic) bond motifs is 1. The second-order valence-corrected chi connectivity index (χ2v) is 8.10. The number of piperidine rings is 1. The summed E-state index contributed by atoms with van der Waals surface area (Å²) in [6, 6.07) is 5.62. The molecule has 3 aromatic rings. The number of carbonyl (C=O) groups is 1. The maximum Gasteiger partial charge on any atom is 0.290 e. The smallest absolute Gasteiger partial charge is 0.290 e. The molecule has 3 aromatic heterocycles. The molecule has 0 radical (unpaired) electrons. The van der Waals surface area contributed by atoms with E-state index in [-0.39, 0.29) is 18.0 Å². The number of furan rings is 1. The summed E-state index contributed by atoms with van der Waals surface area (Å²) in [5, 5.41) is 4.78. The summed E-state index contributed by atoms with van der Waals surface area (Å²) < 4.78 is 7.17. The summed E-state index contributed by atoms with van der Waals surface area (Å²) >= 11 is 0. The van der Waals surface area contributed by atoms with Gasteiger partial charge in [-0.1, -0.05) is 0 Å². The van der Waals surface area contributed by atoms with Crippen LogP contribution in [-0.4, -0.2) is 51.1 Å². The van der Waals surface area contributed by atoms with Crippen LogP contribution in [0.15, 0.2) is 35.1 Å². The van der Waals surface area contributed by atoms with Crippen molar-refractivity contribution in [3.8, 4) is 0 Å². The van der Waals surface area contributed by atoms with Crippen molar-refractivity contribution >= 4 is 17.4 Å². The third-order valence-corrected chi connectivity index (χ3v) is 5.99. The Morgan fingerprint density at radius 2 is 2.17 bits per heavy atom. The Labute approximate surface area is 169 Å². The maximum absolute atomic E-state index is 12.9. The Morgan fingerprint density at radius 1 is 1.28 bits per heavy atom. The van der Waals surface area contributed by atoms with Crippen LogP contribution < -0.4 is 10.6 Å². The Balaban J connectivity index is 1.48. The molecule has 29 heavy (non-hydrogen) atoms. The van der Waals surface area contributed by atoms with E-state index in [0.29, 0.717) is 12.3 Å². The molecule has 2 aliphatic rings. The van der Waals surface area contributed by atoms with E-state index in [9.17, 15) is 4.79 Å². The molecular formula is C21H26N6O2. The van der Waals surface area contributed by atoms with Crippen molar-refractivity contribution < 1.29 is 9.21 Å². The number of amides is 1. The van der Waals surface area contributed by atoms with Gasteiger partial charge in [-0.3, -0.25) is 4.79 Å². The number of hydrogen-bond donors (Lipinski definition) is 1. The Hall–Kier alpha value is -2.87. The molecule has 0 unspecified atom stereocenters. The Morgan fingerprint density at radius 3 is 2.93 bits per heavy atom. The van der Waals surface area contributed by atoms with Crippen molar-refractivity contribution in [1.29, 1.82) is 0 Å². The van der Waals surface area contributed by atoms with E-state index in [1.807, 2.05) is 21.7 Å². The number of aromatic nitrogens is 3. The normalized spacial score (nSPS) is 22.6. The van der Waals surface area contributed by atoms with Gasteiger partial charge in [-0.05, 0) is 44.7 Å². The minimum Gasteiger partial charge on any atom is -0.459 e. The van der Waals surface area contributed by atoms with Crippen LogP contribution >= 0.6 is 0 Å². The zero-order valence-electron chi connectivity index (χ0n) is 16.6. The van der Waals surface area contributed by atoms with Crippen LogP contribution in [0.2, 0.25) is 0 Å². The summed E-state index contributed by atoms with van der Waals surface area (Å²) in [6.07, 6.45) is 7.50. The molecule has 0 bridgehead atoms. The molecule has 8 heteroatoms. The molecule has 0 aliphatic carbocycles. The van der Waals surface area contributed by atoms with E-state index in [4.69, 9.17) is 20.2 Å². The minimum atomic E-state index is -0.0763. The van der Waals surface area contributed by atoms with Gasteiger partial charge >= 0.3 is 0 Å². The molecular weight excluding hydrogens is 368 g/mol. The molecule has 0 aromatic carbocycles. The van der Waals surface area contributed by atoms with Crippen molar-refractivity contribution in [3.05, 3.63) is 47.7 Å². The van der Waals surface area contributed by atoms with Crippen LogP contribution in [0.4, 0.5) is 5.82 Å². The van der Waals surface area contributed by atoms with E-state index in [2.05, 4.69) is 11.8 Å². The van der Waals surface area contributed by atoms with Crippen molar-refractivity contribution in [3.63, 3.8) is 0 Å². The van der Waals surface area contributed by atoms with Crippen molar-refractivity contribution in [2.24, 2.45) is 5.73 Å². The zero-order valence-corrected chi connectivity index (χ0v) is 16.6. The maximum atomic E-state index is 12.9. The van der Waals surface area contributed by atoms with Gasteiger partial charge in [0.05, 0.1) is 18.0 Å². The van der Waals surface area contributed by atoms with Gasteiger partial charge < -0.3 is 20.0 Å². The molecule has 0 saturated carbocycles. The van der Waals surface area contributed by atoms with Gasteiger partial charge in [0.15, 0.2) is 11.4 Å². The SMILES string of the molecule is Cc1cn2nc([C@@H]3CCCCN3C(=O)c3ccco3)cc2nc1N1CC[C@H](N)C1. The molecule has 5 rings (SSSR count). The number of aryl methyl sites for hydroxylation is 1. The van der Waals surface area contributed by atoms with Crippen LogP contribution in [0.3, 0.4) is 0 Å². The fourth-order valence-electron chi connectivity index (χ4n) is 4.51. The van der Waals surface area contributed by atoms with Crippen molar-refractivity contribution in [2.75, 3.05) is 24.5 Å². The number of anilines is 1. The highest BCUT2D eigenvalue weighted by Gasteiger charge is 2.32. The third kappa shape index (κ3) is 3.27. The second kappa shape index (κ2) is 7.18. The van der Waals surface area contributed by atoms with Gasteiger partial charge in [0.2, 0.25) is 0 Å². The molecule has 1 amide bonds. The van der Waals surface area contributed by atoms with Crippen LogP contribution in [0.5, 0.6) is 0 Å². The number of rotatable bonds is 3. The fourth-order valence-corrected chi connectivity index (χ4v) is 4.51. The van der Waals surface area contributed by atoms with Crippen LogP contribution in [0.1, 0.15) is 53.5 Å². The predicted octanol–water partition coefficient (Wildman–Crippen LogP) is 2.54. The highest BCUT2D eigenvalue weighted by molar-refractivity contribution is 5.91. The third-order valence-electron chi connectivity index (χ3n) is 5.99. The van der Waals surface area contributed by atoms with Crippen molar-refractivity contribution in [2.45, 2.75) is 44.7 Å². The van der Waals surface area contributed by atoms with Crippen molar-refractivity contribution in [1.82, 2.24) is 19.5 Å². The van der Waals surface area contributed by atoms with Gasteiger partial charge in [0.1, 0.15) is 5.82 Å². The summed E-state index contributed by atoms with van der Waals surface area (Å²) in [6.45, 7) is 4.53. The van der Waals surface area contributed by atoms with Gasteiger partial charge in [0, 0.05) is 43.5 Å². The standard InChI is InChI=1S/C21H26N6O2/c1-14-12-27-19(23-20(14)25-9-7-15(22)13-25)11-16(24-27)17-5-2-3-8-26(17)21(28)18-6-4-10-29-18/h4,6,10-12,15,17H,2-3,5,7-9,13,22H2,1H3/t15-,17-/m0/s1. The lowest BCUT2D eigenvalue weighted by Gasteiger charge is -2.34. The first-order valence-electron chi connectivity index (χ1n) is 10.3. The Kier molecular flexibility index (Phi) is 4.50. The van der Waals surface area contributed by atoms with Crippen LogP contribution in [0.25, 0.3) is 5.65 Å². The molecule has 2 N–H and O–H groups in total. The largest absolute Gasteiger partial charge is 0.459 e. The summed E-state index contributed by atoms with van der Waals surface area (Å²) in [4.78, 5) is 21.9. The van der Waals surface area contributed by atoms with Gasteiger partial charge in [-0.25, -0.2) is 9.50 Å². The minimum absolute atomic E-state index is 0.0629. The Bertz CT molecular complexity index is 1030. The topological polar surface area (TPSA) is 92.9 Å². The van der Waals surface area contributed by atoms with E-state index in [1.165, 1.54) is 6.26 Å². The van der Waals surface area contributed by atoms with E-state index >= 15 is 0 Å². The highest BCUT2D eigenvalue weighted by atomic mass is 16.3. The summed E-state index contributed by atoms with van der Waals surface area (Å²) in [5.74, 6) is 1.28. The van der Waals surface area contributed by atoms with E-state index in [1.54, 1.807) is 12.1 Å². The van der Waals surface area contributed by atoms with E-state index < -0.39 is 0 Å². The molecule has 5 heterocycles. The molecule has 0 spiro atoms. The van der Waals surface area contributed by atoms with Gasteiger partial charge in [-0.15, -0.1) is 0 Å². The molecule has 2 aliphatic heterocycles. The van der Waals surface area contributed by atoms with Crippen LogP contribution in [-0.2, 0) is 0 Å². The molecule has 2 atom stereocenters. The number of nitrogens with zero attached hydrogens (tertiary/aromatic N) is 5. The second-order valence-electron chi connectivity index (χ2n) is 8.10. The monoisotopic (exact) mass is 394 g/mol. The molecule has 2 fully saturated rings. The molecule has 8 nitrogen and oxygen atoms in total. The predicted molar refractivity (Wildman–Crippen MR) is 109 cm³/mol. The summed E-state index contributed by atoms with van der Waals surface area (Å²) in [7, 11) is 0. The quantitative estimate of drug-likeness (QED) is 0.734. The molecule has 152 valence electrons. The first-order valence-corrected chi connectivity index (χ1v) is 10.3. The average Bonchev–Trinajstić information content (AvgIpc) is 3.47. The number of likely N-dealkylation sites (tertiary alicyclic amines) is 1. The first-order chi connectivity index (χ1) is 14.1. The van der Waals surface area contributed by atoms with Gasteiger partial charge in [0.25, 0.3) is 5.91 Å². The summed E-state index contributed by atoms with van der Waals surface area (Å²) in [5.41, 5.74) is 8.84.